The van der Waals surface area contributed by atoms with Gasteiger partial charge in [-0.15, -0.1) is 0 Å². The van der Waals surface area contributed by atoms with Crippen molar-refractivity contribution in [1.29, 1.82) is 0 Å². The third kappa shape index (κ3) is 5.26. The highest BCUT2D eigenvalue weighted by Crippen LogP contribution is 2.36. The van der Waals surface area contributed by atoms with E-state index in [-0.39, 0.29) is 28.0 Å². The highest BCUT2D eigenvalue weighted by atomic mass is 79.9. The van der Waals surface area contributed by atoms with Gasteiger partial charge in [0.2, 0.25) is 0 Å². The largest absolute Gasteiger partial charge is 0.493 e. The van der Waals surface area contributed by atoms with E-state index in [1.165, 1.54) is 24.4 Å². The first-order valence-electron chi connectivity index (χ1n) is 10.9. The number of methoxy groups -OCH3 is 1. The molecule has 0 bridgehead atoms. The number of fused-ring (bicyclic) bond motifs is 1. The minimum Gasteiger partial charge on any atom is -0.493 e. The quantitative estimate of drug-likeness (QED) is 0.406. The third-order valence-electron chi connectivity index (χ3n) is 5.72. The number of carboxylic acid groups (broad SMARTS) is 1. The summed E-state index contributed by atoms with van der Waals surface area (Å²) in [6.45, 7) is -0.554. The van der Waals surface area contributed by atoms with Crippen molar-refractivity contribution in [1.82, 2.24) is 9.66 Å². The SMILES string of the molecule is COc1cc(C=Nn2c(C3CCCCC3)nc3ccc(Br)cc3c2=O)cc(Cl)c1OCC(=O)O. The van der Waals surface area contributed by atoms with E-state index in [0.717, 1.165) is 30.2 Å². The minimum absolute atomic E-state index is 0.126. The first-order valence-corrected chi connectivity index (χ1v) is 12.0. The van der Waals surface area contributed by atoms with Crippen molar-refractivity contribution in [3.63, 3.8) is 0 Å². The standard InChI is InChI=1S/C24H23BrClN3O5/c1-33-20-10-14(9-18(26)22(20)34-13-21(30)31)12-27-29-23(15-5-3-2-4-6-15)28-19-8-7-16(25)11-17(19)24(29)32/h7-12,15H,2-6,13H2,1H3,(H,30,31). The Balaban J connectivity index is 1.78. The van der Waals surface area contributed by atoms with E-state index in [1.54, 1.807) is 18.2 Å². The molecule has 0 radical (unpaired) electrons. The second kappa shape index (κ2) is 10.6. The molecule has 0 saturated heterocycles. The summed E-state index contributed by atoms with van der Waals surface area (Å²) in [6, 6.07) is 8.64. The van der Waals surface area contributed by atoms with Gasteiger partial charge in [-0.25, -0.2) is 9.78 Å². The lowest BCUT2D eigenvalue weighted by Gasteiger charge is -2.22. The average Bonchev–Trinajstić information content (AvgIpc) is 2.83. The van der Waals surface area contributed by atoms with Gasteiger partial charge in [0.1, 0.15) is 5.82 Å². The molecule has 4 rings (SSSR count). The lowest BCUT2D eigenvalue weighted by atomic mass is 9.88. The predicted octanol–water partition coefficient (Wildman–Crippen LogP) is 5.21. The molecule has 2 aromatic carbocycles. The molecule has 8 nitrogen and oxygen atoms in total. The van der Waals surface area contributed by atoms with Gasteiger partial charge in [-0.05, 0) is 48.7 Å². The van der Waals surface area contributed by atoms with E-state index in [4.69, 9.17) is 31.2 Å². The lowest BCUT2D eigenvalue weighted by molar-refractivity contribution is -0.139. The Kier molecular flexibility index (Phi) is 7.53. The van der Waals surface area contributed by atoms with Gasteiger partial charge in [-0.2, -0.15) is 9.78 Å². The Morgan fingerprint density at radius 3 is 2.76 bits per heavy atom. The molecule has 1 fully saturated rings. The molecular weight excluding hydrogens is 526 g/mol. The molecule has 1 aromatic heterocycles. The van der Waals surface area contributed by atoms with E-state index >= 15 is 0 Å². The number of rotatable bonds is 7. The maximum atomic E-state index is 13.4. The molecule has 1 N–H and O–H groups in total. The highest BCUT2D eigenvalue weighted by molar-refractivity contribution is 9.10. The van der Waals surface area contributed by atoms with E-state index in [9.17, 15) is 9.59 Å². The molecule has 0 spiro atoms. The second-order valence-corrected chi connectivity index (χ2v) is 9.37. The van der Waals surface area contributed by atoms with Gasteiger partial charge in [0.15, 0.2) is 18.1 Å². The van der Waals surface area contributed by atoms with Gasteiger partial charge in [-0.3, -0.25) is 4.79 Å². The summed E-state index contributed by atoms with van der Waals surface area (Å²) in [7, 11) is 1.43. The van der Waals surface area contributed by atoms with Crippen LogP contribution in [0.5, 0.6) is 11.5 Å². The molecule has 1 heterocycles. The van der Waals surface area contributed by atoms with Crippen molar-refractivity contribution in [3.05, 3.63) is 61.6 Å². The van der Waals surface area contributed by atoms with Crippen LogP contribution in [0.15, 0.2) is 44.7 Å². The maximum Gasteiger partial charge on any atom is 0.341 e. The molecule has 1 aliphatic rings. The molecule has 0 unspecified atom stereocenters. The summed E-state index contributed by atoms with van der Waals surface area (Å²) >= 11 is 9.74. The van der Waals surface area contributed by atoms with Crippen LogP contribution in [0.3, 0.4) is 0 Å². The molecule has 0 aliphatic heterocycles. The van der Waals surface area contributed by atoms with Gasteiger partial charge < -0.3 is 14.6 Å². The van der Waals surface area contributed by atoms with E-state index < -0.39 is 12.6 Å². The predicted molar refractivity (Wildman–Crippen MR) is 134 cm³/mol. The number of aromatic nitrogens is 2. The Hall–Kier alpha value is -2.91. The van der Waals surface area contributed by atoms with Crippen molar-refractivity contribution in [2.45, 2.75) is 38.0 Å². The molecule has 1 saturated carbocycles. The van der Waals surface area contributed by atoms with Crippen LogP contribution >= 0.6 is 27.5 Å². The number of carboxylic acids is 1. The molecule has 10 heteroatoms. The van der Waals surface area contributed by atoms with Crippen LogP contribution < -0.4 is 15.0 Å². The van der Waals surface area contributed by atoms with Crippen molar-refractivity contribution in [2.75, 3.05) is 13.7 Å². The molecule has 34 heavy (non-hydrogen) atoms. The zero-order valence-corrected chi connectivity index (χ0v) is 20.8. The first kappa shape index (κ1) is 24.2. The Bertz CT molecular complexity index is 1320. The Morgan fingerprint density at radius 2 is 2.06 bits per heavy atom. The molecule has 1 aliphatic carbocycles. The van der Waals surface area contributed by atoms with Crippen LogP contribution in [0, 0.1) is 0 Å². The molecule has 178 valence electrons. The zero-order chi connectivity index (χ0) is 24.2. The number of aliphatic carboxylic acids is 1. The van der Waals surface area contributed by atoms with Gasteiger partial charge in [-0.1, -0.05) is 46.8 Å². The van der Waals surface area contributed by atoms with E-state index in [0.29, 0.717) is 22.3 Å². The zero-order valence-electron chi connectivity index (χ0n) is 18.5. The summed E-state index contributed by atoms with van der Waals surface area (Å²) < 4.78 is 12.7. The lowest BCUT2D eigenvalue weighted by Crippen LogP contribution is -2.25. The normalized spacial score (nSPS) is 14.6. The van der Waals surface area contributed by atoms with Crippen LogP contribution in [-0.4, -0.2) is 40.7 Å². The number of hydrogen-bond donors (Lipinski definition) is 1. The molecule has 0 atom stereocenters. The van der Waals surface area contributed by atoms with Crippen molar-refractivity contribution in [2.24, 2.45) is 5.10 Å². The monoisotopic (exact) mass is 547 g/mol. The smallest absolute Gasteiger partial charge is 0.341 e. The maximum absolute atomic E-state index is 13.4. The number of hydrogen-bond acceptors (Lipinski definition) is 6. The minimum atomic E-state index is -1.13. The molecule has 0 amide bonds. The van der Waals surface area contributed by atoms with Gasteiger partial charge in [0.25, 0.3) is 5.56 Å². The fourth-order valence-electron chi connectivity index (χ4n) is 4.12. The Labute approximate surface area is 209 Å². The van der Waals surface area contributed by atoms with Crippen LogP contribution in [0.4, 0.5) is 0 Å². The number of halogens is 2. The van der Waals surface area contributed by atoms with Crippen molar-refractivity contribution >= 4 is 50.6 Å². The second-order valence-electron chi connectivity index (χ2n) is 8.04. The van der Waals surface area contributed by atoms with Crippen LogP contribution in [0.25, 0.3) is 10.9 Å². The fraction of sp³-hybridized carbons (Fsp3) is 0.333. The molecule has 3 aromatic rings. The summed E-state index contributed by atoms with van der Waals surface area (Å²) in [4.78, 5) is 29.1. The van der Waals surface area contributed by atoms with Crippen LogP contribution in [0.2, 0.25) is 5.02 Å². The van der Waals surface area contributed by atoms with Crippen LogP contribution in [-0.2, 0) is 4.79 Å². The number of nitrogens with zero attached hydrogens (tertiary/aromatic N) is 3. The Morgan fingerprint density at radius 1 is 1.29 bits per heavy atom. The van der Waals surface area contributed by atoms with Gasteiger partial charge in [0, 0.05) is 10.4 Å². The fourth-order valence-corrected chi connectivity index (χ4v) is 4.75. The summed E-state index contributed by atoms with van der Waals surface area (Å²) in [5.74, 6) is 0.0530. The van der Waals surface area contributed by atoms with Crippen molar-refractivity contribution in [3.8, 4) is 11.5 Å². The topological polar surface area (TPSA) is 103 Å². The number of benzene rings is 2. The first-order chi connectivity index (χ1) is 16.4. The summed E-state index contributed by atoms with van der Waals surface area (Å²) in [5.41, 5.74) is 0.952. The number of ether oxygens (including phenoxy) is 2. The third-order valence-corrected chi connectivity index (χ3v) is 6.49. The molecular formula is C24H23BrClN3O5. The van der Waals surface area contributed by atoms with E-state index in [2.05, 4.69) is 21.0 Å². The summed E-state index contributed by atoms with van der Waals surface area (Å²) in [6.07, 6.45) is 6.78. The van der Waals surface area contributed by atoms with E-state index in [1.807, 2.05) is 12.1 Å². The number of carbonyl (C=O) groups is 1. The van der Waals surface area contributed by atoms with Crippen LogP contribution in [0.1, 0.15) is 49.4 Å². The highest BCUT2D eigenvalue weighted by Gasteiger charge is 2.22. The average molecular weight is 549 g/mol. The van der Waals surface area contributed by atoms with Gasteiger partial charge >= 0.3 is 5.97 Å². The van der Waals surface area contributed by atoms with Crippen molar-refractivity contribution < 1.29 is 19.4 Å². The van der Waals surface area contributed by atoms with Gasteiger partial charge in [0.05, 0.1) is 29.2 Å². The summed E-state index contributed by atoms with van der Waals surface area (Å²) in [5, 5.41) is 14.0.